The van der Waals surface area contributed by atoms with Crippen molar-refractivity contribution in [3.8, 4) is 12.3 Å². The monoisotopic (exact) mass is 261 g/mol. The summed E-state index contributed by atoms with van der Waals surface area (Å²) >= 11 is 0. The summed E-state index contributed by atoms with van der Waals surface area (Å²) in [6, 6.07) is 7.22. The zero-order chi connectivity index (χ0) is 13.2. The molecule has 1 N–H and O–H groups in total. The van der Waals surface area contributed by atoms with Crippen molar-refractivity contribution in [1.29, 1.82) is 0 Å². The molecule has 0 unspecified atom stereocenters. The maximum Gasteiger partial charge on any atom is 0.180 e. The van der Waals surface area contributed by atoms with Gasteiger partial charge in [-0.1, -0.05) is 24.1 Å². The average molecular weight is 261 g/mol. The minimum atomic E-state index is -3.53. The summed E-state index contributed by atoms with van der Waals surface area (Å²) in [6.07, 6.45) is 6.48. The minimum absolute atomic E-state index is 0.381. The number of nitrogens with one attached hydrogen (secondary N) is 1. The molecule has 0 atom stereocenters. The van der Waals surface area contributed by atoms with E-state index in [2.05, 4.69) is 4.98 Å². The van der Waals surface area contributed by atoms with Crippen LogP contribution in [0.5, 0.6) is 0 Å². The van der Waals surface area contributed by atoms with Crippen LogP contribution < -0.4 is 0 Å². The number of rotatable bonds is 4. The Morgan fingerprint density at radius 2 is 2.06 bits per heavy atom. The largest absolute Gasteiger partial charge is 0.360 e. The quantitative estimate of drug-likeness (QED) is 0.668. The third-order valence-corrected chi connectivity index (χ3v) is 3.85. The molecule has 0 fully saturated rings. The molecule has 0 amide bonds. The number of terminal acetylenes is 1. The number of hydrogen-bond acceptors (Lipinski definition) is 3. The third-order valence-electron chi connectivity index (χ3n) is 2.54. The van der Waals surface area contributed by atoms with Gasteiger partial charge in [-0.3, -0.25) is 4.79 Å². The maximum atomic E-state index is 11.9. The minimum Gasteiger partial charge on any atom is -0.360 e. The molecule has 4 nitrogen and oxygen atoms in total. The molecule has 0 bridgehead atoms. The van der Waals surface area contributed by atoms with E-state index in [1.165, 1.54) is 6.20 Å². The van der Waals surface area contributed by atoms with E-state index >= 15 is 0 Å². The molecule has 1 aromatic heterocycles. The van der Waals surface area contributed by atoms with E-state index in [1.54, 1.807) is 12.1 Å². The van der Waals surface area contributed by atoms with Crippen molar-refractivity contribution in [2.24, 2.45) is 0 Å². The van der Waals surface area contributed by atoms with Crippen LogP contribution in [0.3, 0.4) is 0 Å². The fraction of sp³-hybridized carbons (Fsp3) is 0.154. The first-order chi connectivity index (χ1) is 8.53. The Bertz CT molecular complexity index is 735. The first-order valence-electron chi connectivity index (χ1n) is 5.27. The van der Waals surface area contributed by atoms with Crippen LogP contribution in [-0.4, -0.2) is 30.7 Å². The van der Waals surface area contributed by atoms with E-state index in [0.717, 1.165) is 10.9 Å². The van der Waals surface area contributed by atoms with Gasteiger partial charge in [0, 0.05) is 22.7 Å². The van der Waals surface area contributed by atoms with Crippen LogP contribution in [0.1, 0.15) is 10.4 Å². The van der Waals surface area contributed by atoms with Crippen LogP contribution in [0.25, 0.3) is 10.9 Å². The van der Waals surface area contributed by atoms with E-state index in [4.69, 9.17) is 6.42 Å². The highest BCUT2D eigenvalue weighted by atomic mass is 32.2. The number of aromatic amines is 1. The lowest BCUT2D eigenvalue weighted by Gasteiger charge is -1.99. The number of para-hydroxylation sites is 1. The molecule has 18 heavy (non-hydrogen) atoms. The maximum absolute atomic E-state index is 11.9. The van der Waals surface area contributed by atoms with E-state index in [1.807, 2.05) is 18.1 Å². The van der Waals surface area contributed by atoms with Crippen LogP contribution in [0, 0.1) is 12.3 Å². The number of Topliss-reactive ketones (excluding diaryl/α,β-unsaturated/α-hetero) is 1. The lowest BCUT2D eigenvalue weighted by molar-refractivity contribution is 0.102. The van der Waals surface area contributed by atoms with Crippen molar-refractivity contribution in [2.45, 2.75) is 0 Å². The summed E-state index contributed by atoms with van der Waals surface area (Å²) < 4.78 is 23.0. The van der Waals surface area contributed by atoms with Crippen molar-refractivity contribution < 1.29 is 13.2 Å². The number of hydrogen-bond donors (Lipinski definition) is 1. The predicted molar refractivity (Wildman–Crippen MR) is 70.1 cm³/mol. The zero-order valence-corrected chi connectivity index (χ0v) is 10.3. The van der Waals surface area contributed by atoms with Crippen LogP contribution >= 0.6 is 0 Å². The second-order valence-electron chi connectivity index (χ2n) is 3.91. The summed E-state index contributed by atoms with van der Waals surface area (Å²) in [4.78, 5) is 14.9. The molecule has 1 heterocycles. The Hall–Kier alpha value is -2.06. The van der Waals surface area contributed by atoms with Gasteiger partial charge < -0.3 is 4.98 Å². The molecule has 92 valence electrons. The Balaban J connectivity index is 2.33. The number of aromatic nitrogens is 1. The van der Waals surface area contributed by atoms with Gasteiger partial charge in [0.25, 0.3) is 0 Å². The molecule has 0 aliphatic rings. The molecular formula is C13H11NO3S. The number of carbonyl (C=O) groups is 1. The van der Waals surface area contributed by atoms with Crippen LogP contribution in [-0.2, 0) is 9.84 Å². The number of fused-ring (bicyclic) bond motifs is 1. The van der Waals surface area contributed by atoms with Crippen LogP contribution in [0.2, 0.25) is 0 Å². The molecule has 0 spiro atoms. The summed E-state index contributed by atoms with van der Waals surface area (Å²) in [5.74, 6) is 0.634. The molecule has 2 rings (SSSR count). The van der Waals surface area contributed by atoms with Crippen LogP contribution in [0.15, 0.2) is 30.5 Å². The van der Waals surface area contributed by atoms with Crippen molar-refractivity contribution in [3.63, 3.8) is 0 Å². The normalized spacial score (nSPS) is 11.3. The molecule has 0 saturated carbocycles. The van der Waals surface area contributed by atoms with E-state index in [-0.39, 0.29) is 0 Å². The molecule has 2 aromatic rings. The molecule has 1 aromatic carbocycles. The second kappa shape index (κ2) is 4.67. The van der Waals surface area contributed by atoms with Gasteiger partial charge in [0.15, 0.2) is 15.6 Å². The van der Waals surface area contributed by atoms with E-state index < -0.39 is 27.1 Å². The second-order valence-corrected chi connectivity index (χ2v) is 5.97. The SMILES string of the molecule is C#CCS(=O)(=O)CC(=O)c1c[nH]c2ccccc12. The topological polar surface area (TPSA) is 67.0 Å². The summed E-state index contributed by atoms with van der Waals surface area (Å²) in [5, 5.41) is 0.721. The first-order valence-corrected chi connectivity index (χ1v) is 7.09. The summed E-state index contributed by atoms with van der Waals surface area (Å²) in [6.45, 7) is 0. The van der Waals surface area contributed by atoms with E-state index in [9.17, 15) is 13.2 Å². The van der Waals surface area contributed by atoms with Gasteiger partial charge in [-0.15, -0.1) is 6.42 Å². The molecule has 0 aliphatic heterocycles. The van der Waals surface area contributed by atoms with Gasteiger partial charge in [0.05, 0.1) is 0 Å². The van der Waals surface area contributed by atoms with Gasteiger partial charge in [-0.05, 0) is 6.07 Å². The lowest BCUT2D eigenvalue weighted by Crippen LogP contribution is -2.18. The molecule has 0 aliphatic carbocycles. The van der Waals surface area contributed by atoms with Gasteiger partial charge in [0.2, 0.25) is 0 Å². The number of ketones is 1. The van der Waals surface area contributed by atoms with Gasteiger partial charge in [-0.25, -0.2) is 8.42 Å². The van der Waals surface area contributed by atoms with Crippen molar-refractivity contribution in [1.82, 2.24) is 4.98 Å². The van der Waals surface area contributed by atoms with Gasteiger partial charge in [-0.2, -0.15) is 0 Å². The van der Waals surface area contributed by atoms with Crippen molar-refractivity contribution in [3.05, 3.63) is 36.0 Å². The fourth-order valence-electron chi connectivity index (χ4n) is 1.76. The summed E-state index contributed by atoms with van der Waals surface area (Å²) in [5.41, 5.74) is 1.18. The highest BCUT2D eigenvalue weighted by Gasteiger charge is 2.19. The molecule has 5 heteroatoms. The highest BCUT2D eigenvalue weighted by Crippen LogP contribution is 2.18. The Morgan fingerprint density at radius 1 is 1.33 bits per heavy atom. The number of sulfone groups is 1. The Morgan fingerprint density at radius 3 is 2.78 bits per heavy atom. The lowest BCUT2D eigenvalue weighted by atomic mass is 10.1. The Labute approximate surface area is 105 Å². The first kappa shape index (κ1) is 12.4. The fourth-order valence-corrected chi connectivity index (χ4v) is 2.67. The molecule has 0 saturated heterocycles. The average Bonchev–Trinajstić information content (AvgIpc) is 2.71. The molecule has 0 radical (unpaired) electrons. The number of benzene rings is 1. The smallest absolute Gasteiger partial charge is 0.180 e. The number of H-pyrrole nitrogens is 1. The molecular weight excluding hydrogens is 250 g/mol. The highest BCUT2D eigenvalue weighted by molar-refractivity contribution is 7.92. The zero-order valence-electron chi connectivity index (χ0n) is 9.51. The Kier molecular flexibility index (Phi) is 3.21. The predicted octanol–water partition coefficient (Wildman–Crippen LogP) is 1.40. The van der Waals surface area contributed by atoms with Crippen molar-refractivity contribution in [2.75, 3.05) is 11.5 Å². The van der Waals surface area contributed by atoms with Crippen LogP contribution in [0.4, 0.5) is 0 Å². The standard InChI is InChI=1S/C13H11NO3S/c1-2-7-18(16,17)9-13(15)11-8-14-12-6-4-3-5-10(11)12/h1,3-6,8,14H,7,9H2. The van der Waals surface area contributed by atoms with Gasteiger partial charge >= 0.3 is 0 Å². The third kappa shape index (κ3) is 2.44. The van der Waals surface area contributed by atoms with Crippen molar-refractivity contribution >= 4 is 26.5 Å². The summed E-state index contributed by atoms with van der Waals surface area (Å²) in [7, 11) is -3.53. The van der Waals surface area contributed by atoms with E-state index in [0.29, 0.717) is 5.56 Å². The van der Waals surface area contributed by atoms with Gasteiger partial charge in [0.1, 0.15) is 11.5 Å². The number of carbonyl (C=O) groups excluding carboxylic acids is 1.